The molecule has 262 valence electrons. The van der Waals surface area contributed by atoms with E-state index in [9.17, 15) is 9.59 Å². The second kappa shape index (κ2) is 19.0. The Balaban J connectivity index is 1.32. The first kappa shape index (κ1) is 36.1. The maximum absolute atomic E-state index is 14.6. The minimum absolute atomic E-state index is 0.0663. The van der Waals surface area contributed by atoms with Gasteiger partial charge in [0.2, 0.25) is 11.8 Å². The van der Waals surface area contributed by atoms with Crippen LogP contribution >= 0.6 is 0 Å². The summed E-state index contributed by atoms with van der Waals surface area (Å²) in [5.74, 6) is 0.0703. The highest BCUT2D eigenvalue weighted by atomic mass is 16.2. The number of nitrogens with zero attached hydrogens (tertiary/aromatic N) is 2. The number of carbonyl (C=O) groups is 2. The summed E-state index contributed by atoms with van der Waals surface area (Å²) in [4.78, 5) is 33.3. The predicted octanol–water partition coefficient (Wildman–Crippen LogP) is 9.94. The molecule has 0 aliphatic heterocycles. The van der Waals surface area contributed by atoms with Gasteiger partial charge in [-0.15, -0.1) is 0 Å². The lowest BCUT2D eigenvalue weighted by molar-refractivity contribution is -0.137. The molecule has 0 saturated heterocycles. The fraction of sp³-hybridized carbons (Fsp3) is 0.208. The first-order valence-corrected chi connectivity index (χ1v) is 18.4. The number of amides is 2. The van der Waals surface area contributed by atoms with E-state index in [1.54, 1.807) is 0 Å². The van der Waals surface area contributed by atoms with E-state index in [2.05, 4.69) is 97.1 Å². The summed E-state index contributed by atoms with van der Waals surface area (Å²) in [5, 5.41) is 0. The van der Waals surface area contributed by atoms with Gasteiger partial charge in [-0.2, -0.15) is 0 Å². The zero-order valence-electron chi connectivity index (χ0n) is 29.8. The van der Waals surface area contributed by atoms with Crippen LogP contribution in [0, 0.1) is 11.8 Å². The van der Waals surface area contributed by atoms with Crippen LogP contribution in [-0.4, -0.2) is 21.6 Å². The third-order valence-electron chi connectivity index (χ3n) is 9.79. The molecular weight excluding hydrogens is 637 g/mol. The molecule has 6 aromatic rings. The van der Waals surface area contributed by atoms with Gasteiger partial charge in [-0.25, -0.2) is 0 Å². The van der Waals surface area contributed by atoms with Gasteiger partial charge in [-0.3, -0.25) is 9.59 Å². The van der Waals surface area contributed by atoms with Crippen molar-refractivity contribution in [3.63, 3.8) is 0 Å². The van der Waals surface area contributed by atoms with Crippen molar-refractivity contribution in [3.8, 4) is 0 Å². The van der Waals surface area contributed by atoms with Crippen LogP contribution in [0.1, 0.15) is 46.2 Å². The normalized spacial score (nSPS) is 12.1. The van der Waals surface area contributed by atoms with Gasteiger partial charge in [0.15, 0.2) is 0 Å². The predicted molar refractivity (Wildman–Crippen MR) is 211 cm³/mol. The molecule has 6 rings (SSSR count). The second-order valence-electron chi connectivity index (χ2n) is 13.7. The van der Waals surface area contributed by atoms with E-state index < -0.39 is 0 Å². The fourth-order valence-corrected chi connectivity index (χ4v) is 7.03. The number of hydrogen-bond donors (Lipinski definition) is 0. The Morgan fingerprint density at radius 1 is 0.327 bits per heavy atom. The Bertz CT molecular complexity index is 1690. The van der Waals surface area contributed by atoms with Crippen molar-refractivity contribution in [1.29, 1.82) is 0 Å². The summed E-state index contributed by atoms with van der Waals surface area (Å²) >= 11 is 0. The molecule has 0 radical (unpaired) electrons. The Morgan fingerprint density at radius 2 is 0.538 bits per heavy atom. The minimum atomic E-state index is -0.0663. The van der Waals surface area contributed by atoms with Crippen molar-refractivity contribution >= 4 is 11.8 Å². The molecule has 0 spiro atoms. The summed E-state index contributed by atoms with van der Waals surface area (Å²) in [6.45, 7) is 2.10. The van der Waals surface area contributed by atoms with Crippen LogP contribution in [0.2, 0.25) is 0 Å². The molecule has 0 bridgehead atoms. The minimum Gasteiger partial charge on any atom is -0.334 e. The number of benzene rings is 6. The molecule has 4 heteroatoms. The molecule has 0 aliphatic carbocycles. The quantitative estimate of drug-likeness (QED) is 0.0960. The Labute approximate surface area is 309 Å². The van der Waals surface area contributed by atoms with Crippen molar-refractivity contribution in [2.75, 3.05) is 0 Å². The van der Waals surface area contributed by atoms with E-state index in [4.69, 9.17) is 0 Å². The highest BCUT2D eigenvalue weighted by Gasteiger charge is 2.31. The smallest absolute Gasteiger partial charge is 0.223 e. The summed E-state index contributed by atoms with van der Waals surface area (Å²) in [7, 11) is 0. The van der Waals surface area contributed by atoms with Crippen molar-refractivity contribution in [2.45, 2.75) is 51.9 Å². The molecule has 0 saturated carbocycles. The van der Waals surface area contributed by atoms with Crippen LogP contribution in [0.25, 0.3) is 0 Å². The first-order valence-electron chi connectivity index (χ1n) is 18.4. The largest absolute Gasteiger partial charge is 0.334 e. The molecule has 0 heterocycles. The van der Waals surface area contributed by atoms with Crippen LogP contribution < -0.4 is 0 Å². The fourth-order valence-electron chi connectivity index (χ4n) is 7.03. The Morgan fingerprint density at radius 3 is 0.769 bits per heavy atom. The molecule has 4 nitrogen and oxygen atoms in total. The number of carbonyl (C=O) groups excluding carboxylic acids is 2. The molecule has 52 heavy (non-hydrogen) atoms. The van der Waals surface area contributed by atoms with E-state index in [-0.39, 0.29) is 23.7 Å². The van der Waals surface area contributed by atoms with Crippen molar-refractivity contribution in [1.82, 2.24) is 9.80 Å². The maximum Gasteiger partial charge on any atom is 0.223 e. The van der Waals surface area contributed by atoms with E-state index in [1.165, 1.54) is 11.1 Å². The third-order valence-corrected chi connectivity index (χ3v) is 9.79. The van der Waals surface area contributed by atoms with E-state index >= 15 is 0 Å². The van der Waals surface area contributed by atoms with E-state index in [0.717, 1.165) is 22.3 Å². The Hall–Kier alpha value is -5.74. The van der Waals surface area contributed by atoms with Gasteiger partial charge in [0.1, 0.15) is 0 Å². The lowest BCUT2D eigenvalue weighted by Crippen LogP contribution is -2.37. The van der Waals surface area contributed by atoms with Gasteiger partial charge < -0.3 is 9.80 Å². The third kappa shape index (κ3) is 11.1. The molecule has 0 aromatic heterocycles. The van der Waals surface area contributed by atoms with E-state index in [0.29, 0.717) is 51.9 Å². The first-order chi connectivity index (χ1) is 25.6. The SMILES string of the molecule is O=C(C[C@@H](Cc1ccccc1)[C@@H](CC(=O)N(Cc1ccccc1)Cc1ccccc1)Cc1ccccc1)N(Cc1ccccc1)Cc1ccccc1. The summed E-state index contributed by atoms with van der Waals surface area (Å²) in [5.41, 5.74) is 6.74. The van der Waals surface area contributed by atoms with Gasteiger partial charge in [-0.1, -0.05) is 182 Å². The summed E-state index contributed by atoms with van der Waals surface area (Å²) in [6.07, 6.45) is 2.10. The van der Waals surface area contributed by atoms with E-state index in [1.807, 2.05) is 94.7 Å². The Kier molecular flexibility index (Phi) is 13.2. The summed E-state index contributed by atoms with van der Waals surface area (Å²) < 4.78 is 0. The lowest BCUT2D eigenvalue weighted by Gasteiger charge is -2.32. The van der Waals surface area contributed by atoms with Gasteiger partial charge in [0, 0.05) is 39.0 Å². The van der Waals surface area contributed by atoms with Gasteiger partial charge in [0.05, 0.1) is 0 Å². The monoisotopic (exact) mass is 684 g/mol. The highest BCUT2D eigenvalue weighted by molar-refractivity contribution is 5.78. The van der Waals surface area contributed by atoms with Gasteiger partial charge in [-0.05, 0) is 58.1 Å². The summed E-state index contributed by atoms with van der Waals surface area (Å²) in [6, 6.07) is 61.7. The highest BCUT2D eigenvalue weighted by Crippen LogP contribution is 2.31. The van der Waals surface area contributed by atoms with Crippen LogP contribution in [0.3, 0.4) is 0 Å². The average Bonchev–Trinajstić information content (AvgIpc) is 3.19. The standard InChI is InChI=1S/C48H48N2O2/c51-47(49(35-41-23-11-3-12-24-41)36-42-25-13-4-14-26-42)33-45(31-39-19-7-1-8-20-39)46(32-40-21-9-2-10-22-40)34-48(52)50(37-43-27-15-5-16-28-43)38-44-29-17-6-18-30-44/h1-30,45-46H,31-38H2/t45-,46-/m1/s1. The zero-order valence-corrected chi connectivity index (χ0v) is 29.8. The number of hydrogen-bond acceptors (Lipinski definition) is 2. The van der Waals surface area contributed by atoms with Crippen molar-refractivity contribution in [2.24, 2.45) is 11.8 Å². The molecule has 2 atom stereocenters. The molecule has 0 N–H and O–H groups in total. The molecule has 2 amide bonds. The van der Waals surface area contributed by atoms with Gasteiger partial charge >= 0.3 is 0 Å². The maximum atomic E-state index is 14.6. The molecular formula is C48H48N2O2. The lowest BCUT2D eigenvalue weighted by atomic mass is 9.78. The van der Waals surface area contributed by atoms with Gasteiger partial charge in [0.25, 0.3) is 0 Å². The second-order valence-corrected chi connectivity index (χ2v) is 13.7. The number of rotatable bonds is 17. The molecule has 6 aromatic carbocycles. The van der Waals surface area contributed by atoms with Crippen LogP contribution in [0.4, 0.5) is 0 Å². The molecule has 0 unspecified atom stereocenters. The topological polar surface area (TPSA) is 40.6 Å². The van der Waals surface area contributed by atoms with Crippen LogP contribution in [0.15, 0.2) is 182 Å². The molecule has 0 aliphatic rings. The van der Waals surface area contributed by atoms with Crippen molar-refractivity contribution in [3.05, 3.63) is 215 Å². The van der Waals surface area contributed by atoms with Crippen molar-refractivity contribution < 1.29 is 9.59 Å². The average molecular weight is 685 g/mol. The zero-order chi connectivity index (χ0) is 35.8. The molecule has 0 fully saturated rings. The van der Waals surface area contributed by atoms with Crippen LogP contribution in [0.5, 0.6) is 0 Å². The van der Waals surface area contributed by atoms with Crippen LogP contribution in [-0.2, 0) is 48.6 Å².